The molecule has 0 amide bonds. The highest BCUT2D eigenvalue weighted by atomic mass is 32.2. The van der Waals surface area contributed by atoms with Gasteiger partial charge in [-0.1, -0.05) is 12.1 Å². The number of thiophene rings is 1. The van der Waals surface area contributed by atoms with Crippen LogP contribution in [0.1, 0.15) is 36.0 Å². The Morgan fingerprint density at radius 1 is 1.23 bits per heavy atom. The van der Waals surface area contributed by atoms with Crippen molar-refractivity contribution in [3.8, 4) is 11.4 Å². The smallest absolute Gasteiger partial charge is 0.338 e. The third-order valence-corrected chi connectivity index (χ3v) is 7.64. The van der Waals surface area contributed by atoms with Gasteiger partial charge in [-0.2, -0.15) is 20.6 Å². The van der Waals surface area contributed by atoms with Gasteiger partial charge >= 0.3 is 5.97 Å². The van der Waals surface area contributed by atoms with Gasteiger partial charge in [-0.05, 0) is 54.5 Å². The predicted molar refractivity (Wildman–Crippen MR) is 110 cm³/mol. The van der Waals surface area contributed by atoms with E-state index in [4.69, 9.17) is 9.26 Å². The molecule has 0 radical (unpaired) electrons. The quantitative estimate of drug-likeness (QED) is 0.532. The first-order chi connectivity index (χ1) is 14.4. The molecule has 1 aliphatic rings. The minimum atomic E-state index is -3.55. The zero-order chi connectivity index (χ0) is 21.1. The first kappa shape index (κ1) is 20.7. The van der Waals surface area contributed by atoms with Crippen LogP contribution >= 0.6 is 11.3 Å². The van der Waals surface area contributed by atoms with Crippen LogP contribution in [0.15, 0.2) is 50.5 Å². The Balaban J connectivity index is 1.37. The average molecular weight is 448 g/mol. The molecule has 10 heteroatoms. The second-order valence-electron chi connectivity index (χ2n) is 7.21. The summed E-state index contributed by atoms with van der Waals surface area (Å²) in [6.45, 7) is 3.00. The molecule has 158 valence electrons. The van der Waals surface area contributed by atoms with Crippen LogP contribution in [0.4, 0.5) is 0 Å². The van der Waals surface area contributed by atoms with Crippen molar-refractivity contribution in [3.05, 3.63) is 52.5 Å². The molecular formula is C20H21N3O5S2. The summed E-state index contributed by atoms with van der Waals surface area (Å²) in [5, 5.41) is 7.65. The standard InChI is InChI=1S/C20H21N3O5S2/c1-14-6-9-23(10-7-14)30(25,26)17-4-2-15(3-5-17)20(24)27-12-18-21-19(22-28-18)16-8-11-29-13-16/h2-5,8,11,13-14H,6-7,9-10,12H2,1H3. The molecular weight excluding hydrogens is 426 g/mol. The summed E-state index contributed by atoms with van der Waals surface area (Å²) in [6.07, 6.45) is 1.71. The number of rotatable bonds is 6. The van der Waals surface area contributed by atoms with Gasteiger partial charge in [0.1, 0.15) is 0 Å². The van der Waals surface area contributed by atoms with Crippen LogP contribution in [-0.2, 0) is 21.4 Å². The maximum Gasteiger partial charge on any atom is 0.338 e. The van der Waals surface area contributed by atoms with Gasteiger partial charge in [0.2, 0.25) is 15.8 Å². The summed E-state index contributed by atoms with van der Waals surface area (Å²) in [5.74, 6) is 0.557. The van der Waals surface area contributed by atoms with Gasteiger partial charge in [-0.3, -0.25) is 0 Å². The monoisotopic (exact) mass is 447 g/mol. The Labute approximate surface area is 178 Å². The minimum absolute atomic E-state index is 0.165. The van der Waals surface area contributed by atoms with Gasteiger partial charge in [0.25, 0.3) is 5.89 Å². The third-order valence-electron chi connectivity index (χ3n) is 5.04. The van der Waals surface area contributed by atoms with E-state index in [1.54, 1.807) is 0 Å². The van der Waals surface area contributed by atoms with Gasteiger partial charge in [-0.25, -0.2) is 13.2 Å². The zero-order valence-electron chi connectivity index (χ0n) is 16.4. The van der Waals surface area contributed by atoms with E-state index >= 15 is 0 Å². The number of carbonyl (C=O) groups excluding carboxylic acids is 1. The highest BCUT2D eigenvalue weighted by Crippen LogP contribution is 2.24. The number of benzene rings is 1. The molecule has 0 saturated carbocycles. The van der Waals surface area contributed by atoms with Gasteiger partial charge in [0, 0.05) is 24.0 Å². The number of piperidine rings is 1. The molecule has 3 aromatic rings. The molecule has 3 heterocycles. The fraction of sp³-hybridized carbons (Fsp3) is 0.350. The van der Waals surface area contributed by atoms with E-state index in [1.807, 2.05) is 16.8 Å². The Morgan fingerprint density at radius 3 is 2.63 bits per heavy atom. The van der Waals surface area contributed by atoms with E-state index in [-0.39, 0.29) is 23.0 Å². The number of aromatic nitrogens is 2. The largest absolute Gasteiger partial charge is 0.452 e. The van der Waals surface area contributed by atoms with Crippen LogP contribution in [0.3, 0.4) is 0 Å². The summed E-state index contributed by atoms with van der Waals surface area (Å²) in [7, 11) is -3.55. The van der Waals surface area contributed by atoms with Gasteiger partial charge < -0.3 is 9.26 Å². The van der Waals surface area contributed by atoms with Crippen molar-refractivity contribution < 1.29 is 22.5 Å². The minimum Gasteiger partial charge on any atom is -0.452 e. The lowest BCUT2D eigenvalue weighted by atomic mass is 10.0. The molecule has 1 aromatic carbocycles. The highest BCUT2D eigenvalue weighted by molar-refractivity contribution is 7.89. The molecule has 0 N–H and O–H groups in total. The molecule has 0 unspecified atom stereocenters. The fourth-order valence-corrected chi connectivity index (χ4v) is 5.27. The lowest BCUT2D eigenvalue weighted by molar-refractivity contribution is 0.0429. The molecule has 1 saturated heterocycles. The summed E-state index contributed by atoms with van der Waals surface area (Å²) in [5.41, 5.74) is 1.08. The lowest BCUT2D eigenvalue weighted by Gasteiger charge is -2.29. The predicted octanol–water partition coefficient (Wildman–Crippen LogP) is 3.58. The number of nitrogens with zero attached hydrogens (tertiary/aromatic N) is 3. The molecule has 0 atom stereocenters. The third kappa shape index (κ3) is 4.45. The molecule has 8 nitrogen and oxygen atoms in total. The first-order valence-corrected chi connectivity index (χ1v) is 11.9. The van der Waals surface area contributed by atoms with Crippen molar-refractivity contribution in [1.29, 1.82) is 0 Å². The molecule has 2 aromatic heterocycles. The average Bonchev–Trinajstić information content (AvgIpc) is 3.44. The van der Waals surface area contributed by atoms with E-state index in [9.17, 15) is 13.2 Å². The van der Waals surface area contributed by atoms with Crippen LogP contribution in [0.2, 0.25) is 0 Å². The topological polar surface area (TPSA) is 103 Å². The number of hydrogen-bond donors (Lipinski definition) is 0. The number of ether oxygens (including phenoxy) is 1. The summed E-state index contributed by atoms with van der Waals surface area (Å²) < 4.78 is 37.3. The Morgan fingerprint density at radius 2 is 1.97 bits per heavy atom. The zero-order valence-corrected chi connectivity index (χ0v) is 18.0. The Bertz CT molecular complexity index is 1100. The number of carbonyl (C=O) groups is 1. The first-order valence-electron chi connectivity index (χ1n) is 9.56. The molecule has 30 heavy (non-hydrogen) atoms. The number of esters is 1. The molecule has 1 aliphatic heterocycles. The van der Waals surface area contributed by atoms with E-state index in [2.05, 4.69) is 17.1 Å². The van der Waals surface area contributed by atoms with Gasteiger partial charge in [0.05, 0.1) is 10.5 Å². The van der Waals surface area contributed by atoms with Crippen molar-refractivity contribution in [2.75, 3.05) is 13.1 Å². The van der Waals surface area contributed by atoms with Gasteiger partial charge in [0.15, 0.2) is 6.61 Å². The second kappa shape index (κ2) is 8.66. The van der Waals surface area contributed by atoms with Crippen molar-refractivity contribution >= 4 is 27.3 Å². The number of hydrogen-bond acceptors (Lipinski definition) is 8. The molecule has 0 bridgehead atoms. The highest BCUT2D eigenvalue weighted by Gasteiger charge is 2.28. The van der Waals surface area contributed by atoms with Crippen molar-refractivity contribution in [1.82, 2.24) is 14.4 Å². The van der Waals surface area contributed by atoms with Crippen LogP contribution in [0.5, 0.6) is 0 Å². The maximum atomic E-state index is 12.8. The fourth-order valence-electron chi connectivity index (χ4n) is 3.17. The normalized spacial score (nSPS) is 15.9. The SMILES string of the molecule is CC1CCN(S(=O)(=O)c2ccc(C(=O)OCc3nc(-c4ccsc4)no3)cc2)CC1. The van der Waals surface area contributed by atoms with E-state index in [0.29, 0.717) is 24.8 Å². The van der Waals surface area contributed by atoms with E-state index < -0.39 is 16.0 Å². The Kier molecular flexibility index (Phi) is 5.98. The van der Waals surface area contributed by atoms with Gasteiger partial charge in [-0.15, -0.1) is 0 Å². The maximum absolute atomic E-state index is 12.8. The van der Waals surface area contributed by atoms with Crippen molar-refractivity contribution in [2.24, 2.45) is 5.92 Å². The summed E-state index contributed by atoms with van der Waals surface area (Å²) >= 11 is 1.52. The molecule has 0 spiro atoms. The van der Waals surface area contributed by atoms with Crippen LogP contribution in [-0.4, -0.2) is 41.9 Å². The van der Waals surface area contributed by atoms with Crippen LogP contribution < -0.4 is 0 Å². The van der Waals surface area contributed by atoms with Crippen molar-refractivity contribution in [2.45, 2.75) is 31.3 Å². The van der Waals surface area contributed by atoms with Crippen LogP contribution in [0, 0.1) is 5.92 Å². The van der Waals surface area contributed by atoms with E-state index in [0.717, 1.165) is 18.4 Å². The Hall–Kier alpha value is -2.56. The molecule has 1 fully saturated rings. The van der Waals surface area contributed by atoms with E-state index in [1.165, 1.54) is 39.9 Å². The van der Waals surface area contributed by atoms with Crippen molar-refractivity contribution in [3.63, 3.8) is 0 Å². The van der Waals surface area contributed by atoms with Crippen LogP contribution in [0.25, 0.3) is 11.4 Å². The lowest BCUT2D eigenvalue weighted by Crippen LogP contribution is -2.37. The molecule has 4 rings (SSSR count). The number of sulfonamides is 1. The summed E-state index contributed by atoms with van der Waals surface area (Å²) in [6, 6.07) is 7.64. The molecule has 0 aliphatic carbocycles. The summed E-state index contributed by atoms with van der Waals surface area (Å²) in [4.78, 5) is 16.6. The second-order valence-corrected chi connectivity index (χ2v) is 9.93.